The lowest BCUT2D eigenvalue weighted by molar-refractivity contribution is 0.457. The van der Waals surface area contributed by atoms with Crippen LogP contribution < -0.4 is 0 Å². The SMILES string of the molecule is CCCCCCCCCCCCC/C=C/S(=O)c1cc(O)c2ccccc2c1O. The van der Waals surface area contributed by atoms with Gasteiger partial charge in [0.15, 0.2) is 0 Å². The Labute approximate surface area is 178 Å². The smallest absolute Gasteiger partial charge is 0.140 e. The molecule has 29 heavy (non-hydrogen) atoms. The number of benzene rings is 2. The number of fused-ring (bicyclic) bond motifs is 1. The minimum Gasteiger partial charge on any atom is -0.507 e. The Kier molecular flexibility index (Phi) is 10.9. The fourth-order valence-electron chi connectivity index (χ4n) is 3.62. The van der Waals surface area contributed by atoms with Crippen molar-refractivity contribution in [2.24, 2.45) is 0 Å². The van der Waals surface area contributed by atoms with Crippen molar-refractivity contribution < 1.29 is 14.4 Å². The predicted molar refractivity (Wildman–Crippen MR) is 124 cm³/mol. The summed E-state index contributed by atoms with van der Waals surface area (Å²) in [6, 6.07) is 8.45. The first-order valence-corrected chi connectivity index (χ1v) is 12.4. The van der Waals surface area contributed by atoms with Gasteiger partial charge in [-0.25, -0.2) is 4.21 Å². The maximum atomic E-state index is 12.5. The van der Waals surface area contributed by atoms with Crippen molar-refractivity contribution in [2.75, 3.05) is 0 Å². The Balaban J connectivity index is 1.65. The largest absolute Gasteiger partial charge is 0.507 e. The zero-order chi connectivity index (χ0) is 20.9. The normalized spacial score (nSPS) is 12.7. The second-order valence-corrected chi connectivity index (χ2v) is 9.09. The number of hydrogen-bond donors (Lipinski definition) is 2. The van der Waals surface area contributed by atoms with Crippen LogP contribution in [0.1, 0.15) is 84.0 Å². The highest BCUT2D eigenvalue weighted by Crippen LogP contribution is 2.37. The Morgan fingerprint density at radius 2 is 1.38 bits per heavy atom. The summed E-state index contributed by atoms with van der Waals surface area (Å²) >= 11 is 0. The molecule has 0 aliphatic carbocycles. The summed E-state index contributed by atoms with van der Waals surface area (Å²) in [6.45, 7) is 2.25. The number of phenolic OH excluding ortho intramolecular Hbond substituents is 2. The molecule has 4 heteroatoms. The fraction of sp³-hybridized carbons (Fsp3) is 0.520. The Morgan fingerprint density at radius 3 is 2.00 bits per heavy atom. The highest BCUT2D eigenvalue weighted by atomic mass is 32.2. The summed E-state index contributed by atoms with van der Waals surface area (Å²) in [4.78, 5) is 0.261. The van der Waals surface area contributed by atoms with Gasteiger partial charge in [0.2, 0.25) is 0 Å². The molecule has 0 saturated heterocycles. The third-order valence-electron chi connectivity index (χ3n) is 5.37. The Morgan fingerprint density at radius 1 is 0.828 bits per heavy atom. The molecule has 3 nitrogen and oxygen atoms in total. The van der Waals surface area contributed by atoms with Crippen molar-refractivity contribution in [2.45, 2.75) is 88.9 Å². The molecule has 0 radical (unpaired) electrons. The molecule has 0 saturated carbocycles. The van der Waals surface area contributed by atoms with Crippen LogP contribution in [0, 0.1) is 0 Å². The van der Waals surface area contributed by atoms with E-state index < -0.39 is 10.8 Å². The van der Waals surface area contributed by atoms with Gasteiger partial charge in [-0.1, -0.05) is 101 Å². The molecule has 0 spiro atoms. The van der Waals surface area contributed by atoms with E-state index in [-0.39, 0.29) is 16.4 Å². The van der Waals surface area contributed by atoms with Crippen molar-refractivity contribution in [1.29, 1.82) is 0 Å². The van der Waals surface area contributed by atoms with E-state index in [1.54, 1.807) is 29.7 Å². The number of aromatic hydroxyl groups is 2. The molecule has 0 aliphatic rings. The first-order valence-electron chi connectivity index (χ1n) is 11.2. The van der Waals surface area contributed by atoms with Crippen LogP contribution in [0.15, 0.2) is 46.7 Å². The van der Waals surface area contributed by atoms with Crippen LogP contribution in [0.4, 0.5) is 0 Å². The van der Waals surface area contributed by atoms with Crippen LogP contribution in [0.2, 0.25) is 0 Å². The Bertz CT molecular complexity index is 798. The van der Waals surface area contributed by atoms with Crippen LogP contribution in [0.5, 0.6) is 11.5 Å². The second-order valence-electron chi connectivity index (χ2n) is 7.78. The number of phenols is 2. The zero-order valence-electron chi connectivity index (χ0n) is 17.7. The first-order chi connectivity index (χ1) is 14.1. The summed E-state index contributed by atoms with van der Waals surface area (Å²) in [5, 5.41) is 23.3. The zero-order valence-corrected chi connectivity index (χ0v) is 18.6. The highest BCUT2D eigenvalue weighted by Gasteiger charge is 2.14. The maximum Gasteiger partial charge on any atom is 0.140 e. The van der Waals surface area contributed by atoms with Crippen molar-refractivity contribution in [3.8, 4) is 11.5 Å². The number of rotatable bonds is 14. The van der Waals surface area contributed by atoms with Crippen molar-refractivity contribution >= 4 is 21.6 Å². The number of unbranched alkanes of at least 4 members (excludes halogenated alkanes) is 11. The van der Waals surface area contributed by atoms with Gasteiger partial charge in [-0.3, -0.25) is 0 Å². The van der Waals surface area contributed by atoms with Gasteiger partial charge >= 0.3 is 0 Å². The molecule has 2 N–H and O–H groups in total. The molecule has 0 heterocycles. The average molecular weight is 417 g/mol. The minimum absolute atomic E-state index is 0.0175. The topological polar surface area (TPSA) is 57.5 Å². The van der Waals surface area contributed by atoms with E-state index in [4.69, 9.17) is 0 Å². The molecule has 1 atom stereocenters. The lowest BCUT2D eigenvalue weighted by Crippen LogP contribution is -1.89. The van der Waals surface area contributed by atoms with Crippen molar-refractivity contribution in [1.82, 2.24) is 0 Å². The third kappa shape index (κ3) is 7.85. The summed E-state index contributed by atoms with van der Waals surface area (Å²) in [7, 11) is -1.47. The van der Waals surface area contributed by atoms with Gasteiger partial charge in [-0.15, -0.1) is 0 Å². The standard InChI is InChI=1S/C25H36O3S/c1-2-3-4-5-6-7-8-9-10-11-12-13-16-19-29(28)24-20-23(26)21-17-14-15-18-22(21)25(24)27/h14-20,26-27H,2-13H2,1H3/b19-16+. The van der Waals surface area contributed by atoms with E-state index in [1.165, 1.54) is 70.3 Å². The lowest BCUT2D eigenvalue weighted by atomic mass is 10.1. The van der Waals surface area contributed by atoms with Gasteiger partial charge in [-0.05, 0) is 12.8 Å². The van der Waals surface area contributed by atoms with E-state index >= 15 is 0 Å². The average Bonchev–Trinajstić information content (AvgIpc) is 2.74. The lowest BCUT2D eigenvalue weighted by Gasteiger charge is -2.08. The van der Waals surface area contributed by atoms with Crippen LogP contribution >= 0.6 is 0 Å². The maximum absolute atomic E-state index is 12.5. The summed E-state index contributed by atoms with van der Waals surface area (Å²) in [6.07, 6.45) is 17.3. The van der Waals surface area contributed by atoms with Gasteiger partial charge in [0.05, 0.1) is 15.7 Å². The molecule has 1 unspecified atom stereocenters. The summed E-state index contributed by atoms with van der Waals surface area (Å²) < 4.78 is 12.5. The fourth-order valence-corrected chi connectivity index (χ4v) is 4.61. The van der Waals surface area contributed by atoms with Crippen LogP contribution in [0.25, 0.3) is 10.8 Å². The number of allylic oxidation sites excluding steroid dienone is 1. The second kappa shape index (κ2) is 13.4. The van der Waals surface area contributed by atoms with Gasteiger partial charge in [0.25, 0.3) is 0 Å². The molecule has 2 rings (SSSR count). The molecule has 0 amide bonds. The van der Waals surface area contributed by atoms with Crippen molar-refractivity contribution in [3.63, 3.8) is 0 Å². The van der Waals surface area contributed by atoms with Crippen LogP contribution in [-0.4, -0.2) is 14.4 Å². The molecular weight excluding hydrogens is 380 g/mol. The van der Waals surface area contributed by atoms with Gasteiger partial charge in [0, 0.05) is 22.2 Å². The van der Waals surface area contributed by atoms with E-state index in [1.807, 2.05) is 6.08 Å². The quantitative estimate of drug-likeness (QED) is 0.246. The molecule has 0 aliphatic heterocycles. The molecule has 2 aromatic carbocycles. The van der Waals surface area contributed by atoms with E-state index in [0.29, 0.717) is 10.8 Å². The first kappa shape index (κ1) is 23.5. The predicted octanol–water partition coefficient (Wildman–Crippen LogP) is 7.57. The molecule has 0 aromatic heterocycles. The van der Waals surface area contributed by atoms with Crippen LogP contribution in [-0.2, 0) is 10.8 Å². The van der Waals surface area contributed by atoms with Crippen molar-refractivity contribution in [3.05, 3.63) is 41.8 Å². The summed E-state index contributed by atoms with van der Waals surface area (Å²) in [5.41, 5.74) is 0. The molecule has 0 bridgehead atoms. The summed E-state index contributed by atoms with van der Waals surface area (Å²) in [5.74, 6) is 0.0246. The van der Waals surface area contributed by atoms with E-state index in [9.17, 15) is 14.4 Å². The number of hydrogen-bond acceptors (Lipinski definition) is 3. The molecule has 160 valence electrons. The minimum atomic E-state index is -1.47. The molecular formula is C25H36O3S. The monoisotopic (exact) mass is 416 g/mol. The molecule has 2 aromatic rings. The van der Waals surface area contributed by atoms with Gasteiger partial charge < -0.3 is 10.2 Å². The van der Waals surface area contributed by atoms with Crippen LogP contribution in [0.3, 0.4) is 0 Å². The van der Waals surface area contributed by atoms with Gasteiger partial charge in [-0.2, -0.15) is 0 Å². The van der Waals surface area contributed by atoms with Gasteiger partial charge in [0.1, 0.15) is 11.5 Å². The van der Waals surface area contributed by atoms with E-state index in [2.05, 4.69) is 6.92 Å². The highest BCUT2D eigenvalue weighted by molar-refractivity contribution is 7.88. The Hall–Kier alpha value is -1.81. The third-order valence-corrected chi connectivity index (χ3v) is 6.55. The molecule has 0 fully saturated rings. The van der Waals surface area contributed by atoms with E-state index in [0.717, 1.165) is 12.8 Å².